The molecule has 0 aromatic carbocycles. The van der Waals surface area contributed by atoms with E-state index in [1.165, 1.54) is 0 Å². The fraction of sp³-hybridized carbons (Fsp3) is 0.750. The SMILES string of the molecule is O=C(CF)CC(F)F. The minimum Gasteiger partial charge on any atom is -0.297 e. The molecular weight excluding hydrogens is 121 g/mol. The van der Waals surface area contributed by atoms with Crippen LogP contribution in [0.1, 0.15) is 6.42 Å². The van der Waals surface area contributed by atoms with Crippen molar-refractivity contribution in [1.82, 2.24) is 0 Å². The van der Waals surface area contributed by atoms with Gasteiger partial charge in [0.15, 0.2) is 5.78 Å². The first-order valence-electron chi connectivity index (χ1n) is 2.02. The molecule has 0 unspecified atom stereocenters. The summed E-state index contributed by atoms with van der Waals surface area (Å²) < 4.78 is 33.2. The molecule has 0 aromatic heterocycles. The molecule has 1 nitrogen and oxygen atoms in total. The molecule has 0 radical (unpaired) electrons. The molecule has 0 fully saturated rings. The summed E-state index contributed by atoms with van der Waals surface area (Å²) in [5.74, 6) is -1.04. The van der Waals surface area contributed by atoms with Gasteiger partial charge in [-0.2, -0.15) is 0 Å². The smallest absolute Gasteiger partial charge is 0.245 e. The van der Waals surface area contributed by atoms with E-state index in [0.29, 0.717) is 0 Å². The van der Waals surface area contributed by atoms with Crippen LogP contribution in [0.2, 0.25) is 0 Å². The van der Waals surface area contributed by atoms with Crippen LogP contribution in [-0.4, -0.2) is 18.9 Å². The van der Waals surface area contributed by atoms with Crippen LogP contribution in [-0.2, 0) is 4.79 Å². The highest BCUT2D eigenvalue weighted by atomic mass is 19.3. The van der Waals surface area contributed by atoms with Crippen molar-refractivity contribution >= 4 is 5.78 Å². The Morgan fingerprint density at radius 2 is 2.00 bits per heavy atom. The normalized spacial score (nSPS) is 10.0. The molecule has 0 saturated carbocycles. The maximum Gasteiger partial charge on any atom is 0.245 e. The molecule has 0 aromatic rings. The average molecular weight is 126 g/mol. The number of Topliss-reactive ketones (excluding diaryl/α,β-unsaturated/α-hetero) is 1. The lowest BCUT2D eigenvalue weighted by Crippen LogP contribution is -2.05. The second-order valence-electron chi connectivity index (χ2n) is 1.27. The molecule has 0 rings (SSSR count). The molecule has 0 aliphatic heterocycles. The lowest BCUT2D eigenvalue weighted by atomic mass is 10.3. The Kier molecular flexibility index (Phi) is 3.23. The quantitative estimate of drug-likeness (QED) is 0.554. The second-order valence-corrected chi connectivity index (χ2v) is 1.27. The Morgan fingerprint density at radius 3 is 2.12 bits per heavy atom. The predicted molar refractivity (Wildman–Crippen MR) is 21.6 cm³/mol. The molecule has 8 heavy (non-hydrogen) atoms. The number of alkyl halides is 3. The minimum absolute atomic E-state index is 0.962. The van der Waals surface area contributed by atoms with Crippen LogP contribution in [0.4, 0.5) is 13.2 Å². The van der Waals surface area contributed by atoms with Gasteiger partial charge in [-0.25, -0.2) is 13.2 Å². The van der Waals surface area contributed by atoms with E-state index in [0.717, 1.165) is 0 Å². The molecule has 0 N–H and O–H groups in total. The molecule has 0 saturated heterocycles. The molecule has 0 amide bonds. The van der Waals surface area contributed by atoms with Crippen LogP contribution in [0.25, 0.3) is 0 Å². The summed E-state index contributed by atoms with van der Waals surface area (Å²) in [6, 6.07) is 0. The summed E-state index contributed by atoms with van der Waals surface area (Å²) in [5, 5.41) is 0. The third-order valence-electron chi connectivity index (χ3n) is 0.531. The van der Waals surface area contributed by atoms with E-state index < -0.39 is 25.3 Å². The van der Waals surface area contributed by atoms with Crippen LogP contribution >= 0.6 is 0 Å². The van der Waals surface area contributed by atoms with Crippen molar-refractivity contribution in [2.24, 2.45) is 0 Å². The van der Waals surface area contributed by atoms with E-state index in [2.05, 4.69) is 0 Å². The minimum atomic E-state index is -2.71. The summed E-state index contributed by atoms with van der Waals surface area (Å²) in [6.07, 6.45) is -3.67. The molecule has 0 spiro atoms. The Hall–Kier alpha value is -0.540. The third kappa shape index (κ3) is 3.64. The zero-order valence-corrected chi connectivity index (χ0v) is 4.03. The van der Waals surface area contributed by atoms with Crippen molar-refractivity contribution in [3.63, 3.8) is 0 Å². The van der Waals surface area contributed by atoms with E-state index in [-0.39, 0.29) is 0 Å². The van der Waals surface area contributed by atoms with Gasteiger partial charge in [0, 0.05) is 0 Å². The van der Waals surface area contributed by atoms with Gasteiger partial charge in [-0.15, -0.1) is 0 Å². The Morgan fingerprint density at radius 1 is 1.50 bits per heavy atom. The number of halogens is 3. The van der Waals surface area contributed by atoms with Gasteiger partial charge in [0.05, 0.1) is 6.42 Å². The number of rotatable bonds is 3. The van der Waals surface area contributed by atoms with E-state index in [9.17, 15) is 18.0 Å². The topological polar surface area (TPSA) is 17.1 Å². The Labute approximate surface area is 44.5 Å². The fourth-order valence-electron chi connectivity index (χ4n) is 0.227. The van der Waals surface area contributed by atoms with Crippen LogP contribution < -0.4 is 0 Å². The van der Waals surface area contributed by atoms with Crippen molar-refractivity contribution in [1.29, 1.82) is 0 Å². The van der Waals surface area contributed by atoms with Crippen LogP contribution in [0.5, 0.6) is 0 Å². The third-order valence-corrected chi connectivity index (χ3v) is 0.531. The lowest BCUT2D eigenvalue weighted by molar-refractivity contribution is -0.122. The van der Waals surface area contributed by atoms with Gasteiger partial charge in [-0.3, -0.25) is 4.79 Å². The van der Waals surface area contributed by atoms with E-state index in [1.54, 1.807) is 0 Å². The second kappa shape index (κ2) is 3.46. The fourth-order valence-corrected chi connectivity index (χ4v) is 0.227. The molecule has 0 aliphatic rings. The number of carbonyl (C=O) groups excluding carboxylic acids is 1. The first kappa shape index (κ1) is 7.46. The number of hydrogen-bond donors (Lipinski definition) is 0. The van der Waals surface area contributed by atoms with Gasteiger partial charge in [-0.05, 0) is 0 Å². The monoisotopic (exact) mass is 126 g/mol. The van der Waals surface area contributed by atoms with Crippen molar-refractivity contribution in [3.8, 4) is 0 Å². The van der Waals surface area contributed by atoms with Gasteiger partial charge in [0.25, 0.3) is 0 Å². The molecule has 0 atom stereocenters. The maximum atomic E-state index is 11.1. The highest BCUT2D eigenvalue weighted by Gasteiger charge is 2.08. The van der Waals surface area contributed by atoms with E-state index in [1.807, 2.05) is 0 Å². The molecule has 48 valence electrons. The summed E-state index contributed by atoms with van der Waals surface area (Å²) in [6.45, 7) is -1.29. The predicted octanol–water partition coefficient (Wildman–Crippen LogP) is 1.18. The molecule has 0 bridgehead atoms. The van der Waals surface area contributed by atoms with Gasteiger partial charge < -0.3 is 0 Å². The molecule has 0 aliphatic carbocycles. The van der Waals surface area contributed by atoms with Gasteiger partial charge >= 0.3 is 0 Å². The Balaban J connectivity index is 3.25. The van der Waals surface area contributed by atoms with Gasteiger partial charge in [-0.1, -0.05) is 0 Å². The largest absolute Gasteiger partial charge is 0.297 e. The average Bonchev–Trinajstić information content (AvgIpc) is 1.65. The lowest BCUT2D eigenvalue weighted by Gasteiger charge is -1.90. The number of carbonyl (C=O) groups is 1. The zero-order valence-electron chi connectivity index (χ0n) is 4.03. The zero-order chi connectivity index (χ0) is 6.57. The highest BCUT2D eigenvalue weighted by Crippen LogP contribution is 1.98. The van der Waals surface area contributed by atoms with Crippen molar-refractivity contribution < 1.29 is 18.0 Å². The number of hydrogen-bond acceptors (Lipinski definition) is 1. The Bertz CT molecular complexity index is 81.4. The number of ketones is 1. The van der Waals surface area contributed by atoms with Crippen LogP contribution in [0.15, 0.2) is 0 Å². The van der Waals surface area contributed by atoms with Crippen molar-refractivity contribution in [2.45, 2.75) is 12.8 Å². The highest BCUT2D eigenvalue weighted by molar-refractivity contribution is 5.79. The van der Waals surface area contributed by atoms with Crippen LogP contribution in [0, 0.1) is 0 Å². The summed E-state index contributed by atoms with van der Waals surface area (Å²) in [4.78, 5) is 9.77. The van der Waals surface area contributed by atoms with E-state index in [4.69, 9.17) is 0 Å². The van der Waals surface area contributed by atoms with Gasteiger partial charge in [0.2, 0.25) is 6.43 Å². The molecular formula is C4H5F3O. The maximum absolute atomic E-state index is 11.1. The standard InChI is InChI=1S/C4H5F3O/c5-2-3(8)1-4(6)7/h4H,1-2H2. The summed E-state index contributed by atoms with van der Waals surface area (Å²) >= 11 is 0. The summed E-state index contributed by atoms with van der Waals surface area (Å²) in [5.41, 5.74) is 0. The molecule has 4 heteroatoms. The van der Waals surface area contributed by atoms with Gasteiger partial charge in [0.1, 0.15) is 6.67 Å². The first-order valence-corrected chi connectivity index (χ1v) is 2.02. The summed E-state index contributed by atoms with van der Waals surface area (Å²) in [7, 11) is 0. The van der Waals surface area contributed by atoms with Crippen molar-refractivity contribution in [2.75, 3.05) is 6.67 Å². The first-order chi connectivity index (χ1) is 3.66. The van der Waals surface area contributed by atoms with E-state index >= 15 is 0 Å². The van der Waals surface area contributed by atoms with Crippen LogP contribution in [0.3, 0.4) is 0 Å². The molecule has 0 heterocycles. The van der Waals surface area contributed by atoms with Crippen molar-refractivity contribution in [3.05, 3.63) is 0 Å².